The number of aliphatic hydroxyl groups is 2. The first-order chi connectivity index (χ1) is 5.95. The van der Waals surface area contributed by atoms with E-state index in [-0.39, 0.29) is 29.5 Å². The van der Waals surface area contributed by atoms with Gasteiger partial charge in [0.25, 0.3) is 0 Å². The van der Waals surface area contributed by atoms with E-state index in [2.05, 4.69) is 6.58 Å². The summed E-state index contributed by atoms with van der Waals surface area (Å²) in [6.07, 6.45) is -0.720. The fraction of sp³-hybridized carbons (Fsp3) is 0.500. The number of aliphatic hydroxyl groups excluding tert-OH is 2. The van der Waals surface area contributed by atoms with Crippen LogP contribution in [0.5, 0.6) is 0 Å². The van der Waals surface area contributed by atoms with Crippen LogP contribution in [0.2, 0.25) is 0 Å². The molecule has 1 rings (SSSR count). The normalized spacial score (nSPS) is 29.3. The Morgan fingerprint density at radius 2 is 2.15 bits per heavy atom. The fourth-order valence-electron chi connectivity index (χ4n) is 1.46. The van der Waals surface area contributed by atoms with Crippen molar-refractivity contribution in [3.63, 3.8) is 0 Å². The van der Waals surface area contributed by atoms with Crippen molar-refractivity contribution in [2.75, 3.05) is 0 Å². The molecule has 0 radical (unpaired) electrons. The van der Waals surface area contributed by atoms with E-state index in [4.69, 9.17) is 0 Å². The van der Waals surface area contributed by atoms with Gasteiger partial charge in [0.1, 0.15) is 11.9 Å². The molecule has 0 aliphatic heterocycles. The minimum atomic E-state index is -0.963. The summed E-state index contributed by atoms with van der Waals surface area (Å²) in [4.78, 5) is 11.3. The Hall–Kier alpha value is -1.09. The number of allylic oxidation sites excluding steroid dienone is 1. The Bertz CT molecular complexity index is 289. The van der Waals surface area contributed by atoms with Crippen molar-refractivity contribution in [2.45, 2.75) is 26.4 Å². The highest BCUT2D eigenvalue weighted by Crippen LogP contribution is 2.29. The summed E-state index contributed by atoms with van der Waals surface area (Å²) in [6, 6.07) is 0. The Labute approximate surface area is 77.4 Å². The average Bonchev–Trinajstić information content (AvgIpc) is 2.07. The van der Waals surface area contributed by atoms with Gasteiger partial charge in [0.2, 0.25) is 0 Å². The number of Topliss-reactive ketones (excluding diaryl/α,β-unsaturated/α-hetero) is 1. The lowest BCUT2D eigenvalue weighted by Crippen LogP contribution is -2.32. The van der Waals surface area contributed by atoms with Crippen molar-refractivity contribution >= 4 is 5.78 Å². The van der Waals surface area contributed by atoms with Gasteiger partial charge in [-0.1, -0.05) is 12.2 Å². The summed E-state index contributed by atoms with van der Waals surface area (Å²) in [5.41, 5.74) is 0.991. The zero-order chi connectivity index (χ0) is 10.2. The molecule has 3 nitrogen and oxygen atoms in total. The molecule has 1 aliphatic carbocycles. The number of carbonyl (C=O) groups excluding carboxylic acids is 1. The van der Waals surface area contributed by atoms with Crippen LogP contribution < -0.4 is 0 Å². The van der Waals surface area contributed by atoms with Gasteiger partial charge >= 0.3 is 0 Å². The SMILES string of the molecule is C=C(C)C1CC(=O)C(C)=C(O)C1O. The van der Waals surface area contributed by atoms with Gasteiger partial charge in [0, 0.05) is 17.9 Å². The second-order valence-corrected chi connectivity index (χ2v) is 3.54. The third kappa shape index (κ3) is 1.65. The molecule has 2 atom stereocenters. The molecule has 72 valence electrons. The summed E-state index contributed by atoms with van der Waals surface area (Å²) >= 11 is 0. The summed E-state index contributed by atoms with van der Waals surface area (Å²) in [7, 11) is 0. The van der Waals surface area contributed by atoms with Gasteiger partial charge in [-0.2, -0.15) is 0 Å². The number of carbonyl (C=O) groups is 1. The van der Waals surface area contributed by atoms with Crippen molar-refractivity contribution in [1.82, 2.24) is 0 Å². The van der Waals surface area contributed by atoms with E-state index >= 15 is 0 Å². The van der Waals surface area contributed by atoms with Crippen molar-refractivity contribution < 1.29 is 15.0 Å². The van der Waals surface area contributed by atoms with E-state index < -0.39 is 6.10 Å². The molecule has 13 heavy (non-hydrogen) atoms. The molecular weight excluding hydrogens is 168 g/mol. The molecule has 0 spiro atoms. The van der Waals surface area contributed by atoms with E-state index in [0.29, 0.717) is 0 Å². The van der Waals surface area contributed by atoms with Crippen LogP contribution in [0.1, 0.15) is 20.3 Å². The van der Waals surface area contributed by atoms with Gasteiger partial charge in [-0.3, -0.25) is 4.79 Å². The third-order valence-electron chi connectivity index (χ3n) is 2.50. The van der Waals surface area contributed by atoms with Crippen LogP contribution in [-0.2, 0) is 4.79 Å². The second-order valence-electron chi connectivity index (χ2n) is 3.54. The number of hydrogen-bond acceptors (Lipinski definition) is 3. The summed E-state index contributed by atoms with van der Waals surface area (Å²) in [5.74, 6) is -0.656. The standard InChI is InChI=1S/C10H14O3/c1-5(2)7-4-8(11)6(3)9(12)10(7)13/h7,10,12-13H,1,4H2,2-3H3. The second kappa shape index (κ2) is 3.34. The molecule has 0 aromatic rings. The molecule has 1 aliphatic rings. The van der Waals surface area contributed by atoms with Crippen LogP contribution in [-0.4, -0.2) is 22.1 Å². The van der Waals surface area contributed by atoms with Crippen molar-refractivity contribution in [2.24, 2.45) is 5.92 Å². The molecule has 0 fully saturated rings. The van der Waals surface area contributed by atoms with Crippen molar-refractivity contribution in [3.05, 3.63) is 23.5 Å². The molecular formula is C10H14O3. The minimum Gasteiger partial charge on any atom is -0.509 e. The van der Waals surface area contributed by atoms with E-state index in [0.717, 1.165) is 5.57 Å². The van der Waals surface area contributed by atoms with Crippen LogP contribution >= 0.6 is 0 Å². The largest absolute Gasteiger partial charge is 0.509 e. The van der Waals surface area contributed by atoms with Crippen molar-refractivity contribution in [1.29, 1.82) is 0 Å². The molecule has 0 bridgehead atoms. The number of hydrogen-bond donors (Lipinski definition) is 2. The Balaban J connectivity index is 3.02. The van der Waals surface area contributed by atoms with Crippen molar-refractivity contribution in [3.8, 4) is 0 Å². The maximum Gasteiger partial charge on any atom is 0.162 e. The topological polar surface area (TPSA) is 57.5 Å². The highest BCUT2D eigenvalue weighted by atomic mass is 16.3. The molecule has 0 aromatic carbocycles. The first-order valence-corrected chi connectivity index (χ1v) is 4.21. The van der Waals surface area contributed by atoms with Gasteiger partial charge in [-0.15, -0.1) is 0 Å². The Morgan fingerprint density at radius 3 is 2.62 bits per heavy atom. The zero-order valence-electron chi connectivity index (χ0n) is 7.87. The molecule has 0 amide bonds. The Kier molecular flexibility index (Phi) is 2.57. The van der Waals surface area contributed by atoms with Crippen LogP contribution in [0.3, 0.4) is 0 Å². The van der Waals surface area contributed by atoms with E-state index in [1.165, 1.54) is 6.92 Å². The molecule has 2 unspecified atom stereocenters. The minimum absolute atomic E-state index is 0.115. The quantitative estimate of drug-likeness (QED) is 0.602. The molecule has 0 saturated heterocycles. The molecule has 3 heteroatoms. The van der Waals surface area contributed by atoms with Gasteiger partial charge in [-0.25, -0.2) is 0 Å². The van der Waals surface area contributed by atoms with Gasteiger partial charge in [-0.05, 0) is 13.8 Å². The summed E-state index contributed by atoms with van der Waals surface area (Å²) < 4.78 is 0. The first kappa shape index (κ1) is 9.99. The third-order valence-corrected chi connectivity index (χ3v) is 2.50. The lowest BCUT2D eigenvalue weighted by molar-refractivity contribution is -0.118. The Morgan fingerprint density at radius 1 is 1.62 bits per heavy atom. The van der Waals surface area contributed by atoms with Gasteiger partial charge in [0.05, 0.1) is 0 Å². The maximum absolute atomic E-state index is 11.3. The zero-order valence-corrected chi connectivity index (χ0v) is 7.87. The van der Waals surface area contributed by atoms with Crippen LogP contribution in [0.4, 0.5) is 0 Å². The molecule has 2 N–H and O–H groups in total. The highest BCUT2D eigenvalue weighted by molar-refractivity contribution is 5.96. The molecule has 0 saturated carbocycles. The van der Waals surface area contributed by atoms with Crippen LogP contribution in [0.15, 0.2) is 23.5 Å². The number of rotatable bonds is 1. The molecule has 0 aromatic heterocycles. The highest BCUT2D eigenvalue weighted by Gasteiger charge is 2.33. The van der Waals surface area contributed by atoms with E-state index in [1.807, 2.05) is 0 Å². The van der Waals surface area contributed by atoms with Gasteiger partial charge in [0.15, 0.2) is 5.78 Å². The fourth-order valence-corrected chi connectivity index (χ4v) is 1.46. The molecule has 0 heterocycles. The van der Waals surface area contributed by atoms with Crippen LogP contribution in [0, 0.1) is 5.92 Å². The lowest BCUT2D eigenvalue weighted by atomic mass is 9.82. The number of ketones is 1. The summed E-state index contributed by atoms with van der Waals surface area (Å²) in [5, 5.41) is 19.0. The first-order valence-electron chi connectivity index (χ1n) is 4.21. The van der Waals surface area contributed by atoms with Gasteiger partial charge < -0.3 is 10.2 Å². The van der Waals surface area contributed by atoms with Crippen LogP contribution in [0.25, 0.3) is 0 Å². The predicted octanol–water partition coefficient (Wildman–Crippen LogP) is 1.34. The van der Waals surface area contributed by atoms with E-state index in [1.54, 1.807) is 6.92 Å². The average molecular weight is 182 g/mol. The van der Waals surface area contributed by atoms with E-state index in [9.17, 15) is 15.0 Å². The monoisotopic (exact) mass is 182 g/mol. The lowest BCUT2D eigenvalue weighted by Gasteiger charge is -2.27. The smallest absolute Gasteiger partial charge is 0.162 e. The summed E-state index contributed by atoms with van der Waals surface area (Å²) in [6.45, 7) is 6.95. The maximum atomic E-state index is 11.3. The predicted molar refractivity (Wildman–Crippen MR) is 49.3 cm³/mol.